The fourth-order valence-corrected chi connectivity index (χ4v) is 0.612. The molecule has 0 spiro atoms. The number of ether oxygens (including phenoxy) is 1. The topological polar surface area (TPSA) is 9.23 Å². The lowest BCUT2D eigenvalue weighted by atomic mass is 10.9. The van der Waals surface area contributed by atoms with E-state index in [9.17, 15) is 0 Å². The van der Waals surface area contributed by atoms with E-state index in [0.717, 1.165) is 12.8 Å². The van der Waals surface area contributed by atoms with Gasteiger partial charge in [-0.15, -0.1) is 0 Å². The molecular formula is C3H10OSi. The Morgan fingerprint density at radius 2 is 2.40 bits per heavy atom. The normalized spacial score (nSPS) is 9.00. The molecule has 32 valence electrons. The molecule has 2 heteroatoms. The van der Waals surface area contributed by atoms with Gasteiger partial charge in [0.05, 0.1) is 0 Å². The summed E-state index contributed by atoms with van der Waals surface area (Å²) in [4.78, 5) is 0. The second kappa shape index (κ2) is 4.18. The summed E-state index contributed by atoms with van der Waals surface area (Å²) in [7, 11) is 1.18. The first-order valence-electron chi connectivity index (χ1n) is 1.99. The van der Waals surface area contributed by atoms with Crippen molar-refractivity contribution in [3.63, 3.8) is 0 Å². The highest BCUT2D eigenvalue weighted by Crippen LogP contribution is 1.60. The third-order valence-electron chi connectivity index (χ3n) is 0.408. The van der Waals surface area contributed by atoms with Gasteiger partial charge in [0.15, 0.2) is 0 Å². The fourth-order valence-electron chi connectivity index (χ4n) is 0.204. The Hall–Kier alpha value is 0.177. The number of hydrogen-bond acceptors (Lipinski definition) is 1. The lowest BCUT2D eigenvalue weighted by molar-refractivity contribution is 0.195. The minimum absolute atomic E-state index is 0.878. The van der Waals surface area contributed by atoms with E-state index in [1.807, 2.05) is 6.92 Å². The Labute approximate surface area is 35.8 Å². The predicted octanol–water partition coefficient (Wildman–Crippen LogP) is -0.654. The summed E-state index contributed by atoms with van der Waals surface area (Å²) >= 11 is 0. The van der Waals surface area contributed by atoms with Gasteiger partial charge in [0.2, 0.25) is 0 Å². The molecule has 0 aliphatic carbocycles. The fraction of sp³-hybridized carbons (Fsp3) is 1.00. The van der Waals surface area contributed by atoms with Crippen molar-refractivity contribution in [2.24, 2.45) is 0 Å². The Morgan fingerprint density at radius 1 is 1.80 bits per heavy atom. The zero-order valence-electron chi connectivity index (χ0n) is 3.82. The monoisotopic (exact) mass is 90.1 g/mol. The van der Waals surface area contributed by atoms with Crippen molar-refractivity contribution in [3.8, 4) is 0 Å². The second-order valence-electron chi connectivity index (χ2n) is 0.781. The van der Waals surface area contributed by atoms with E-state index < -0.39 is 0 Å². The summed E-state index contributed by atoms with van der Waals surface area (Å²) in [5.41, 5.74) is 0. The maximum absolute atomic E-state index is 4.90. The molecule has 0 N–H and O–H groups in total. The molecule has 0 bridgehead atoms. The SMILES string of the molecule is CCOC[SiH3]. The smallest absolute Gasteiger partial charge is 0.0433 e. The van der Waals surface area contributed by atoms with Crippen LogP contribution >= 0.6 is 0 Å². The maximum atomic E-state index is 4.90. The molecule has 0 aliphatic heterocycles. The Bertz CT molecular complexity index is 14.4. The second-order valence-corrected chi connectivity index (χ2v) is 1.36. The van der Waals surface area contributed by atoms with E-state index in [2.05, 4.69) is 0 Å². The van der Waals surface area contributed by atoms with Crippen molar-refractivity contribution in [1.29, 1.82) is 0 Å². The molecular weight excluding hydrogens is 80.1 g/mol. The molecule has 0 aromatic heterocycles. The van der Waals surface area contributed by atoms with Crippen molar-refractivity contribution in [1.82, 2.24) is 0 Å². The molecule has 0 aromatic rings. The van der Waals surface area contributed by atoms with Crippen LogP contribution in [0.1, 0.15) is 6.92 Å². The summed E-state index contributed by atoms with van der Waals surface area (Å²) in [5.74, 6) is 0. The Kier molecular flexibility index (Phi) is 4.32. The van der Waals surface area contributed by atoms with E-state index in [-0.39, 0.29) is 0 Å². The molecule has 5 heavy (non-hydrogen) atoms. The molecule has 0 saturated heterocycles. The highest BCUT2D eigenvalue weighted by Gasteiger charge is 1.64. The van der Waals surface area contributed by atoms with Crippen LogP contribution in [0.2, 0.25) is 0 Å². The van der Waals surface area contributed by atoms with E-state index in [1.165, 1.54) is 10.2 Å². The van der Waals surface area contributed by atoms with E-state index in [4.69, 9.17) is 4.74 Å². The van der Waals surface area contributed by atoms with Crippen LogP contribution in [0.15, 0.2) is 0 Å². The summed E-state index contributed by atoms with van der Waals surface area (Å²) in [6.45, 7) is 2.89. The quantitative estimate of drug-likeness (QED) is 0.409. The van der Waals surface area contributed by atoms with Gasteiger partial charge in [0, 0.05) is 23.1 Å². The lowest BCUT2D eigenvalue weighted by Crippen LogP contribution is -1.89. The minimum atomic E-state index is 0.878. The van der Waals surface area contributed by atoms with Crippen LogP contribution in [0, 0.1) is 0 Å². The summed E-state index contributed by atoms with van der Waals surface area (Å²) in [6.07, 6.45) is 0.983. The van der Waals surface area contributed by atoms with Crippen molar-refractivity contribution in [2.45, 2.75) is 6.92 Å². The van der Waals surface area contributed by atoms with Gasteiger partial charge in [0.1, 0.15) is 0 Å². The standard InChI is InChI=1S/C3H10OSi/c1-2-4-3-5/h2-3H2,1,5H3. The molecule has 0 saturated carbocycles. The van der Waals surface area contributed by atoms with Crippen molar-refractivity contribution in [2.75, 3.05) is 12.8 Å². The van der Waals surface area contributed by atoms with Crippen molar-refractivity contribution >= 4 is 10.2 Å². The van der Waals surface area contributed by atoms with E-state index in [0.29, 0.717) is 0 Å². The van der Waals surface area contributed by atoms with Gasteiger partial charge in [-0.3, -0.25) is 0 Å². The molecule has 0 amide bonds. The average Bonchev–Trinajstić information content (AvgIpc) is 1.41. The van der Waals surface area contributed by atoms with Gasteiger partial charge in [-0.1, -0.05) is 0 Å². The molecule has 0 fully saturated rings. The maximum Gasteiger partial charge on any atom is 0.0433 e. The van der Waals surface area contributed by atoms with Gasteiger partial charge in [0.25, 0.3) is 0 Å². The molecule has 1 nitrogen and oxygen atoms in total. The highest BCUT2D eigenvalue weighted by atomic mass is 28.1. The van der Waals surface area contributed by atoms with Crippen LogP contribution in [0.3, 0.4) is 0 Å². The third kappa shape index (κ3) is 4.18. The van der Waals surface area contributed by atoms with Gasteiger partial charge in [-0.25, -0.2) is 0 Å². The molecule has 0 atom stereocenters. The molecule has 0 aromatic carbocycles. The Balaban J connectivity index is 2.19. The summed E-state index contributed by atoms with van der Waals surface area (Å²) in [5, 5.41) is 0. The first-order valence-corrected chi connectivity index (χ1v) is 3.41. The van der Waals surface area contributed by atoms with E-state index >= 15 is 0 Å². The van der Waals surface area contributed by atoms with Crippen LogP contribution in [0.4, 0.5) is 0 Å². The lowest BCUT2D eigenvalue weighted by Gasteiger charge is -1.86. The van der Waals surface area contributed by atoms with Gasteiger partial charge >= 0.3 is 0 Å². The third-order valence-corrected chi connectivity index (χ3v) is 0.816. The first kappa shape index (κ1) is 5.18. The van der Waals surface area contributed by atoms with Crippen LogP contribution < -0.4 is 0 Å². The van der Waals surface area contributed by atoms with E-state index in [1.54, 1.807) is 0 Å². The summed E-state index contributed by atoms with van der Waals surface area (Å²) in [6, 6.07) is 0. The van der Waals surface area contributed by atoms with Crippen molar-refractivity contribution in [3.05, 3.63) is 0 Å². The summed E-state index contributed by atoms with van der Waals surface area (Å²) < 4.78 is 4.90. The van der Waals surface area contributed by atoms with Gasteiger partial charge < -0.3 is 4.74 Å². The highest BCUT2D eigenvalue weighted by molar-refractivity contribution is 6.08. The molecule has 0 rings (SSSR count). The molecule has 0 unspecified atom stereocenters. The molecule has 0 heterocycles. The minimum Gasteiger partial charge on any atom is -0.386 e. The van der Waals surface area contributed by atoms with Crippen molar-refractivity contribution < 1.29 is 4.74 Å². The van der Waals surface area contributed by atoms with Crippen LogP contribution in [-0.2, 0) is 4.74 Å². The van der Waals surface area contributed by atoms with Crippen LogP contribution in [-0.4, -0.2) is 23.1 Å². The molecule has 0 aliphatic rings. The Morgan fingerprint density at radius 3 is 2.40 bits per heavy atom. The van der Waals surface area contributed by atoms with Gasteiger partial charge in [-0.05, 0) is 6.92 Å². The number of rotatable bonds is 2. The van der Waals surface area contributed by atoms with Crippen LogP contribution in [0.5, 0.6) is 0 Å². The largest absolute Gasteiger partial charge is 0.386 e. The predicted molar refractivity (Wildman–Crippen MR) is 26.4 cm³/mol. The zero-order valence-corrected chi connectivity index (χ0v) is 5.82. The molecule has 0 radical (unpaired) electrons. The van der Waals surface area contributed by atoms with Crippen LogP contribution in [0.25, 0.3) is 0 Å². The average molecular weight is 90.2 g/mol. The number of hydrogen-bond donors (Lipinski definition) is 0. The van der Waals surface area contributed by atoms with Gasteiger partial charge in [-0.2, -0.15) is 0 Å². The first-order chi connectivity index (χ1) is 2.41. The zero-order chi connectivity index (χ0) is 4.12.